The van der Waals surface area contributed by atoms with Crippen molar-refractivity contribution in [3.63, 3.8) is 0 Å². The Hall–Kier alpha value is -4.72. The molecule has 2 heterocycles. The predicted molar refractivity (Wildman–Crippen MR) is 294 cm³/mol. The second kappa shape index (κ2) is 24.3. The highest BCUT2D eigenvalue weighted by Crippen LogP contribution is 2.47. The van der Waals surface area contributed by atoms with E-state index in [4.69, 9.17) is 9.47 Å². The number of benzene rings is 2. The number of hydrogen-bond acceptors (Lipinski definition) is 14. The van der Waals surface area contributed by atoms with Gasteiger partial charge in [-0.2, -0.15) is 36.9 Å². The van der Waals surface area contributed by atoms with Crippen LogP contribution in [0.15, 0.2) is 46.2 Å². The van der Waals surface area contributed by atoms with Crippen molar-refractivity contribution in [2.24, 2.45) is 11.8 Å². The van der Waals surface area contributed by atoms with E-state index < -0.39 is 110 Å². The summed E-state index contributed by atoms with van der Waals surface area (Å²) >= 11 is 0. The molecule has 0 aromatic heterocycles. The third-order valence-electron chi connectivity index (χ3n) is 18.4. The van der Waals surface area contributed by atoms with Gasteiger partial charge in [-0.3, -0.25) is 19.4 Å². The van der Waals surface area contributed by atoms with E-state index in [-0.39, 0.29) is 37.9 Å². The van der Waals surface area contributed by atoms with Crippen LogP contribution < -0.4 is 20.4 Å². The zero-order chi connectivity index (χ0) is 59.2. The molecule has 0 spiro atoms. The number of anilines is 2. The highest BCUT2D eigenvalue weighted by Gasteiger charge is 2.54. The summed E-state index contributed by atoms with van der Waals surface area (Å²) in [6.45, 7) is 13.3. The Morgan fingerprint density at radius 1 is 0.561 bits per heavy atom. The molecule has 8 aliphatic rings. The molecule has 0 radical (unpaired) electrons. The SMILES string of the molecule is CC(C)N1CCN(c2ccc(S(=O)(=O)[C@@H]3C[C@H](OC4CCCC4)[C@@H](C(=O)NC4(C#N)CC4)C3)c(C(F)(F)F)c2)CC1.CC(C)N1CCN(c2ccc(S(=O)(=O)[C@H]3C[C@@H](OC4CCCC4)[C@H](C(=O)NC4(C#N)CC4)C3)c(C(F)(F)F)c2)CC1. The summed E-state index contributed by atoms with van der Waals surface area (Å²) in [6.07, 6.45) is -2.69. The van der Waals surface area contributed by atoms with Gasteiger partial charge in [-0.1, -0.05) is 25.7 Å². The zero-order valence-corrected chi connectivity index (χ0v) is 48.9. The summed E-state index contributed by atoms with van der Waals surface area (Å²) in [7, 11) is -8.92. The minimum atomic E-state index is -4.88. The van der Waals surface area contributed by atoms with Crippen molar-refractivity contribution in [1.82, 2.24) is 20.4 Å². The van der Waals surface area contributed by atoms with Crippen molar-refractivity contribution < 1.29 is 62.2 Å². The fourth-order valence-electron chi connectivity index (χ4n) is 13.0. The molecule has 2 aromatic carbocycles. The molecule has 10 rings (SSSR count). The number of alkyl halides is 6. The van der Waals surface area contributed by atoms with Crippen LogP contribution in [0, 0.1) is 34.5 Å². The summed E-state index contributed by atoms with van der Waals surface area (Å²) in [5, 5.41) is 22.0. The molecule has 2 aromatic rings. The van der Waals surface area contributed by atoms with Crippen molar-refractivity contribution in [3.8, 4) is 12.1 Å². The second-order valence-corrected chi connectivity index (χ2v) is 29.0. The Balaban J connectivity index is 0.000000198. The molecule has 82 heavy (non-hydrogen) atoms. The Bertz CT molecular complexity index is 2750. The lowest BCUT2D eigenvalue weighted by Crippen LogP contribution is -2.49. The van der Waals surface area contributed by atoms with Gasteiger partial charge in [0.2, 0.25) is 11.8 Å². The number of nitrogens with one attached hydrogen (secondary N) is 2. The summed E-state index contributed by atoms with van der Waals surface area (Å²) < 4.78 is 154. The zero-order valence-electron chi connectivity index (χ0n) is 47.2. The van der Waals surface area contributed by atoms with Crippen molar-refractivity contribution >= 4 is 42.9 Å². The van der Waals surface area contributed by atoms with E-state index >= 15 is 0 Å². The molecule has 2 amide bonds. The number of nitrogens with zero attached hydrogens (tertiary/aromatic N) is 6. The van der Waals surface area contributed by atoms with Crippen molar-refractivity contribution in [3.05, 3.63) is 47.5 Å². The lowest BCUT2D eigenvalue weighted by Gasteiger charge is -2.38. The average Bonchev–Trinajstić information content (AvgIpc) is 3.85. The van der Waals surface area contributed by atoms with Gasteiger partial charge in [0.05, 0.1) is 79.8 Å². The molecule has 8 fully saturated rings. The molecular weight excluding hydrogens is 1110 g/mol. The number of carbonyl (C=O) groups is 2. The number of hydrogen-bond donors (Lipinski definition) is 2. The summed E-state index contributed by atoms with van der Waals surface area (Å²) in [4.78, 5) is 33.2. The second-order valence-electron chi connectivity index (χ2n) is 24.6. The number of halogens is 6. The normalized spacial score (nSPS) is 27.2. The number of rotatable bonds is 16. The molecular formula is C58H78F6N8O8S2. The Labute approximate surface area is 478 Å². The van der Waals surface area contributed by atoms with Gasteiger partial charge < -0.3 is 29.9 Å². The van der Waals surface area contributed by atoms with Crippen LogP contribution in [0.4, 0.5) is 37.7 Å². The number of amides is 2. The van der Waals surface area contributed by atoms with Crippen LogP contribution in [0.25, 0.3) is 0 Å². The third kappa shape index (κ3) is 13.8. The molecule has 16 nitrogen and oxygen atoms in total. The maximum absolute atomic E-state index is 14.4. The van der Waals surface area contributed by atoms with E-state index in [9.17, 15) is 63.3 Å². The Morgan fingerprint density at radius 2 is 0.890 bits per heavy atom. The van der Waals surface area contributed by atoms with Gasteiger partial charge in [-0.15, -0.1) is 0 Å². The molecule has 2 saturated heterocycles. The van der Waals surface area contributed by atoms with Crippen LogP contribution in [-0.2, 0) is 51.1 Å². The highest BCUT2D eigenvalue weighted by molar-refractivity contribution is 7.92. The Kier molecular flexibility index (Phi) is 18.3. The first-order valence-electron chi connectivity index (χ1n) is 29.3. The molecule has 452 valence electrons. The van der Waals surface area contributed by atoms with E-state index in [1.807, 2.05) is 9.80 Å². The van der Waals surface area contributed by atoms with E-state index in [0.717, 1.165) is 75.6 Å². The minimum Gasteiger partial charge on any atom is -0.374 e. The molecule has 6 aliphatic carbocycles. The average molecular weight is 1190 g/mol. The number of carbonyl (C=O) groups excluding carboxylic acids is 2. The van der Waals surface area contributed by atoms with Crippen LogP contribution >= 0.6 is 0 Å². The third-order valence-corrected chi connectivity index (χ3v) is 22.9. The van der Waals surface area contributed by atoms with Gasteiger partial charge in [0.1, 0.15) is 11.1 Å². The van der Waals surface area contributed by atoms with Crippen LogP contribution in [-0.4, -0.2) is 149 Å². The Morgan fingerprint density at radius 3 is 1.17 bits per heavy atom. The fourth-order valence-corrected chi connectivity index (χ4v) is 17.0. The van der Waals surface area contributed by atoms with Gasteiger partial charge in [0.25, 0.3) is 0 Å². The molecule has 6 atom stereocenters. The lowest BCUT2D eigenvalue weighted by atomic mass is 10.0. The smallest absolute Gasteiger partial charge is 0.374 e. The number of ether oxygens (including phenoxy) is 2. The molecule has 2 N–H and O–H groups in total. The van der Waals surface area contributed by atoms with E-state index in [2.05, 4.69) is 60.3 Å². The number of piperazine rings is 2. The van der Waals surface area contributed by atoms with Gasteiger partial charge in [-0.05, 0) is 141 Å². The summed E-state index contributed by atoms with van der Waals surface area (Å²) in [5.74, 6) is -2.63. The first kappa shape index (κ1) is 61.8. The van der Waals surface area contributed by atoms with Gasteiger partial charge in [0, 0.05) is 75.8 Å². The molecule has 24 heteroatoms. The largest absolute Gasteiger partial charge is 0.417 e. The monoisotopic (exact) mass is 1190 g/mol. The van der Waals surface area contributed by atoms with E-state index in [1.54, 1.807) is 0 Å². The fraction of sp³-hybridized carbons (Fsp3) is 0.724. The minimum absolute atomic E-state index is 0.0628. The van der Waals surface area contributed by atoms with Crippen LogP contribution in [0.1, 0.15) is 142 Å². The molecule has 0 bridgehead atoms. The van der Waals surface area contributed by atoms with Crippen LogP contribution in [0.3, 0.4) is 0 Å². The van der Waals surface area contributed by atoms with Gasteiger partial charge in [-0.25, -0.2) is 16.8 Å². The number of nitriles is 2. The maximum atomic E-state index is 14.4. The first-order chi connectivity index (χ1) is 38.7. The topological polar surface area (TPSA) is 205 Å². The van der Waals surface area contributed by atoms with Crippen LogP contribution in [0.2, 0.25) is 0 Å². The van der Waals surface area contributed by atoms with Crippen LogP contribution in [0.5, 0.6) is 0 Å². The quantitative estimate of drug-likeness (QED) is 0.151. The van der Waals surface area contributed by atoms with Crippen molar-refractivity contribution in [2.45, 2.75) is 211 Å². The van der Waals surface area contributed by atoms with Crippen molar-refractivity contribution in [2.75, 3.05) is 62.2 Å². The molecule has 6 saturated carbocycles. The molecule has 2 aliphatic heterocycles. The molecule has 0 unspecified atom stereocenters. The highest BCUT2D eigenvalue weighted by atomic mass is 32.2. The maximum Gasteiger partial charge on any atom is 0.417 e. The summed E-state index contributed by atoms with van der Waals surface area (Å²) in [5.41, 5.74) is -3.54. The first-order valence-corrected chi connectivity index (χ1v) is 32.4. The number of sulfone groups is 2. The van der Waals surface area contributed by atoms with Crippen molar-refractivity contribution in [1.29, 1.82) is 10.5 Å². The summed E-state index contributed by atoms with van der Waals surface area (Å²) in [6, 6.07) is 11.9. The lowest BCUT2D eigenvalue weighted by molar-refractivity contribution is -0.140. The van der Waals surface area contributed by atoms with Gasteiger partial charge in [0.15, 0.2) is 19.7 Å². The predicted octanol–water partition coefficient (Wildman–Crippen LogP) is 8.58. The van der Waals surface area contributed by atoms with Gasteiger partial charge >= 0.3 is 12.4 Å². The van der Waals surface area contributed by atoms with E-state index in [1.165, 1.54) is 12.1 Å². The standard InChI is InChI=1S/2C29H39F3N4O4S/c2*1-19(2)35-11-13-36(14-12-35)20-7-8-26(24(15-20)29(30,31)32)41(38,39)22-16-23(27(37)34-28(18-33)9-10-28)25(17-22)40-21-5-3-4-6-21/h2*7-8,15,19,21-23,25H,3-6,9-14,16-17H2,1-2H3,(H,34,37)/t2*22-,23-,25-/m10/s1. The van der Waals surface area contributed by atoms with E-state index in [0.29, 0.717) is 101 Å².